The van der Waals surface area contributed by atoms with E-state index in [1.165, 1.54) is 29.9 Å². The number of hydrogen-bond acceptors (Lipinski definition) is 7. The van der Waals surface area contributed by atoms with Crippen LogP contribution in [-0.4, -0.2) is 69.8 Å². The Bertz CT molecular complexity index is 1630. The smallest absolute Gasteiger partial charge is 0.406 e. The van der Waals surface area contributed by atoms with E-state index in [0.717, 1.165) is 38.3 Å². The van der Waals surface area contributed by atoms with E-state index in [9.17, 15) is 26.4 Å². The molecule has 0 spiro atoms. The van der Waals surface area contributed by atoms with E-state index < -0.39 is 28.7 Å². The molecule has 4 rings (SSSR count). The number of rotatable bonds is 9. The molecule has 0 unspecified atom stereocenters. The summed E-state index contributed by atoms with van der Waals surface area (Å²) >= 11 is 0. The van der Waals surface area contributed by atoms with Crippen LogP contribution in [0.4, 0.5) is 24.5 Å². The maximum atomic E-state index is 13.6. The van der Waals surface area contributed by atoms with Gasteiger partial charge >= 0.3 is 6.18 Å². The predicted octanol–water partition coefficient (Wildman–Crippen LogP) is 4.79. The van der Waals surface area contributed by atoms with Crippen molar-refractivity contribution in [1.29, 1.82) is 0 Å². The Morgan fingerprint density at radius 1 is 1.09 bits per heavy atom. The lowest BCUT2D eigenvalue weighted by Crippen LogP contribution is -2.36. The molecule has 0 bridgehead atoms. The summed E-state index contributed by atoms with van der Waals surface area (Å²) in [5.41, 5.74) is 1.87. The molecule has 9 nitrogen and oxygen atoms in total. The summed E-state index contributed by atoms with van der Waals surface area (Å²) in [4.78, 5) is 13.3. The molecule has 0 radical (unpaired) electrons. The van der Waals surface area contributed by atoms with E-state index in [1.807, 2.05) is 10.8 Å². The van der Waals surface area contributed by atoms with Crippen molar-refractivity contribution in [3.63, 3.8) is 0 Å². The highest BCUT2D eigenvalue weighted by atomic mass is 32.2. The average Bonchev–Trinajstić information content (AvgIpc) is 3.27. The molecule has 1 aliphatic carbocycles. The van der Waals surface area contributed by atoms with Crippen LogP contribution in [0.3, 0.4) is 0 Å². The van der Waals surface area contributed by atoms with Gasteiger partial charge in [0.2, 0.25) is 5.91 Å². The largest absolute Gasteiger partial charge is 0.495 e. The van der Waals surface area contributed by atoms with Crippen LogP contribution in [0.1, 0.15) is 38.3 Å². The Morgan fingerprint density at radius 2 is 1.81 bits per heavy atom. The van der Waals surface area contributed by atoms with Gasteiger partial charge in [0.05, 0.1) is 35.4 Å². The Hall–Kier alpha value is -3.89. The molecule has 1 aliphatic rings. The minimum Gasteiger partial charge on any atom is -0.495 e. The summed E-state index contributed by atoms with van der Waals surface area (Å²) in [6.45, 7) is -0.0443. The summed E-state index contributed by atoms with van der Waals surface area (Å²) in [5.74, 6) is 5.21. The van der Waals surface area contributed by atoms with Gasteiger partial charge in [-0.2, -0.15) is 13.2 Å². The first-order valence-electron chi connectivity index (χ1n) is 13.8. The van der Waals surface area contributed by atoms with Crippen molar-refractivity contribution in [2.75, 3.05) is 38.4 Å². The van der Waals surface area contributed by atoms with Gasteiger partial charge in [-0.3, -0.25) is 4.79 Å². The number of fused-ring (bicyclic) bond motifs is 1. The van der Waals surface area contributed by atoms with Gasteiger partial charge in [-0.15, -0.1) is 0 Å². The van der Waals surface area contributed by atoms with Crippen LogP contribution in [0.5, 0.6) is 5.75 Å². The minimum absolute atomic E-state index is 0.0436. The maximum absolute atomic E-state index is 13.6. The van der Waals surface area contributed by atoms with Gasteiger partial charge in [0.25, 0.3) is 10.0 Å². The van der Waals surface area contributed by atoms with E-state index in [2.05, 4.69) is 41.5 Å². The number of alkyl halides is 3. The van der Waals surface area contributed by atoms with E-state index in [-0.39, 0.29) is 28.9 Å². The van der Waals surface area contributed by atoms with E-state index in [1.54, 1.807) is 18.2 Å². The van der Waals surface area contributed by atoms with Gasteiger partial charge in [-0.1, -0.05) is 12.0 Å². The Kier molecular flexibility index (Phi) is 9.82. The SMILES string of the molecule is COc1cc(S(=O)(=O)NC(C)=O)ccc1NCC#Cc1cc2c(N[C@H]3CC[C@@H](N(C)C)CC3)cccc2n1CC(F)(F)F. The third-order valence-corrected chi connectivity index (χ3v) is 8.85. The average molecular weight is 620 g/mol. The number of carbonyl (C=O) groups excluding carboxylic acids is 1. The first-order valence-corrected chi connectivity index (χ1v) is 15.3. The fourth-order valence-electron chi connectivity index (χ4n) is 5.33. The van der Waals surface area contributed by atoms with Crippen LogP contribution in [0.15, 0.2) is 47.4 Å². The molecule has 2 aromatic carbocycles. The first kappa shape index (κ1) is 32.0. The van der Waals surface area contributed by atoms with Crippen LogP contribution in [0.25, 0.3) is 10.9 Å². The van der Waals surface area contributed by atoms with Gasteiger partial charge in [-0.05, 0) is 76.0 Å². The number of carbonyl (C=O) groups is 1. The van der Waals surface area contributed by atoms with Crippen molar-refractivity contribution in [1.82, 2.24) is 14.2 Å². The lowest BCUT2D eigenvalue weighted by Gasteiger charge is -2.33. The molecule has 0 saturated heterocycles. The second-order valence-corrected chi connectivity index (χ2v) is 12.4. The summed E-state index contributed by atoms with van der Waals surface area (Å²) < 4.78 is 73.7. The highest BCUT2D eigenvalue weighted by Gasteiger charge is 2.30. The lowest BCUT2D eigenvalue weighted by molar-refractivity contribution is -0.140. The second kappa shape index (κ2) is 13.2. The highest BCUT2D eigenvalue weighted by Crippen LogP contribution is 2.33. The van der Waals surface area contributed by atoms with Crippen LogP contribution < -0.4 is 20.1 Å². The molecule has 1 saturated carbocycles. The molecule has 1 fully saturated rings. The van der Waals surface area contributed by atoms with E-state index in [4.69, 9.17) is 4.74 Å². The van der Waals surface area contributed by atoms with Crippen molar-refractivity contribution in [3.05, 3.63) is 48.2 Å². The first-order chi connectivity index (χ1) is 20.3. The number of aromatic nitrogens is 1. The van der Waals surface area contributed by atoms with Crippen LogP contribution >= 0.6 is 0 Å². The van der Waals surface area contributed by atoms with Crippen molar-refractivity contribution in [3.8, 4) is 17.6 Å². The molecule has 3 aromatic rings. The summed E-state index contributed by atoms with van der Waals surface area (Å²) in [6, 6.07) is 11.8. The summed E-state index contributed by atoms with van der Waals surface area (Å²) in [5, 5.41) is 7.24. The minimum atomic E-state index is -4.44. The van der Waals surface area contributed by atoms with Crippen molar-refractivity contribution >= 4 is 38.2 Å². The number of nitrogens with zero attached hydrogens (tertiary/aromatic N) is 2. The molecule has 3 N–H and O–H groups in total. The number of sulfonamides is 1. The zero-order chi connectivity index (χ0) is 31.4. The van der Waals surface area contributed by atoms with Gasteiger partial charge < -0.3 is 24.8 Å². The molecule has 232 valence electrons. The number of amides is 1. The van der Waals surface area contributed by atoms with E-state index >= 15 is 0 Å². The van der Waals surface area contributed by atoms with Crippen LogP contribution in [0.2, 0.25) is 0 Å². The van der Waals surface area contributed by atoms with Gasteiger partial charge in [0.15, 0.2) is 0 Å². The number of benzene rings is 2. The summed E-state index contributed by atoms with van der Waals surface area (Å²) in [7, 11) is 1.46. The Morgan fingerprint density at radius 3 is 2.44 bits per heavy atom. The zero-order valence-corrected chi connectivity index (χ0v) is 25.3. The molecular weight excluding hydrogens is 583 g/mol. The Balaban J connectivity index is 1.55. The fraction of sp³-hybridized carbons (Fsp3) is 0.433. The number of nitrogens with one attached hydrogen (secondary N) is 3. The van der Waals surface area contributed by atoms with Gasteiger partial charge in [-0.25, -0.2) is 13.1 Å². The molecule has 0 aliphatic heterocycles. The molecule has 1 heterocycles. The third-order valence-electron chi connectivity index (χ3n) is 7.41. The van der Waals surface area contributed by atoms with Gasteiger partial charge in [0, 0.05) is 36.1 Å². The quantitative estimate of drug-likeness (QED) is 0.296. The number of halogens is 3. The fourth-order valence-corrected chi connectivity index (χ4v) is 6.33. The van der Waals surface area contributed by atoms with E-state index in [0.29, 0.717) is 22.6 Å². The number of methoxy groups -OCH3 is 1. The molecule has 1 aromatic heterocycles. The standard InChI is InChI=1S/C30H36F3N5O4S/c1-20(39)36-43(40,41)24-14-15-27(29(18-24)42-4)34-16-6-7-23-17-25-26(35-21-10-12-22(13-11-21)37(2)3)8-5-9-28(25)38(23)19-30(31,32)33/h5,8-9,14-15,17-18,21-22,34-35H,10-13,16,19H2,1-4H3,(H,36,39)/t21-,22+. The highest BCUT2D eigenvalue weighted by molar-refractivity contribution is 7.90. The number of hydrogen-bond donors (Lipinski definition) is 3. The monoisotopic (exact) mass is 619 g/mol. The maximum Gasteiger partial charge on any atom is 0.406 e. The second-order valence-electron chi connectivity index (χ2n) is 10.8. The van der Waals surface area contributed by atoms with Crippen molar-refractivity contribution in [2.24, 2.45) is 0 Å². The predicted molar refractivity (Wildman–Crippen MR) is 161 cm³/mol. The summed E-state index contributed by atoms with van der Waals surface area (Å²) in [6.07, 6.45) is -0.383. The normalized spacial score (nSPS) is 17.3. The number of anilines is 2. The molecule has 1 amide bonds. The van der Waals surface area contributed by atoms with Gasteiger partial charge in [0.1, 0.15) is 12.3 Å². The number of ether oxygens (including phenoxy) is 1. The van der Waals surface area contributed by atoms with Crippen LogP contribution in [-0.2, 0) is 21.4 Å². The van der Waals surface area contributed by atoms with Crippen molar-refractivity contribution < 1.29 is 31.1 Å². The third kappa shape index (κ3) is 8.14. The lowest BCUT2D eigenvalue weighted by atomic mass is 9.90. The van der Waals surface area contributed by atoms with Crippen molar-refractivity contribution in [2.45, 2.75) is 62.3 Å². The molecular formula is C30H36F3N5O4S. The Labute approximate surface area is 249 Å². The van der Waals surface area contributed by atoms with Crippen LogP contribution in [0, 0.1) is 11.8 Å². The zero-order valence-electron chi connectivity index (χ0n) is 24.5. The molecule has 0 atom stereocenters. The molecule has 13 heteroatoms. The molecule has 43 heavy (non-hydrogen) atoms. The topological polar surface area (TPSA) is 105 Å².